The molecule has 3 heterocycles. The fraction of sp³-hybridized carbons (Fsp3) is 0.429. The lowest BCUT2D eigenvalue weighted by atomic mass is 10.1. The maximum atomic E-state index is 14.7. The van der Waals surface area contributed by atoms with Gasteiger partial charge in [0.1, 0.15) is 11.9 Å². The van der Waals surface area contributed by atoms with E-state index in [0.717, 1.165) is 4.70 Å². The van der Waals surface area contributed by atoms with Crippen molar-refractivity contribution >= 4 is 32.5 Å². The lowest BCUT2D eigenvalue weighted by Gasteiger charge is -2.42. The van der Waals surface area contributed by atoms with Crippen molar-refractivity contribution in [2.45, 2.75) is 38.4 Å². The number of halogens is 2. The van der Waals surface area contributed by atoms with E-state index in [2.05, 4.69) is 15.3 Å². The molecule has 4 atom stereocenters. The summed E-state index contributed by atoms with van der Waals surface area (Å²) in [6.07, 6.45) is -1.89. The van der Waals surface area contributed by atoms with Gasteiger partial charge in [0.05, 0.1) is 16.3 Å². The monoisotopic (exact) mass is 465 g/mol. The van der Waals surface area contributed by atoms with E-state index in [9.17, 15) is 24.1 Å². The first kappa shape index (κ1) is 22.7. The molecule has 3 aromatic rings. The summed E-state index contributed by atoms with van der Waals surface area (Å²) in [6, 6.07) is 5.39. The van der Waals surface area contributed by atoms with Crippen molar-refractivity contribution in [3.8, 4) is 0 Å². The Balaban J connectivity index is 1.41. The smallest absolute Gasteiger partial charge is 0.186 e. The molecular formula is C21H25F2N5O3S. The summed E-state index contributed by atoms with van der Waals surface area (Å²) in [4.78, 5) is 12.1. The molecule has 172 valence electrons. The van der Waals surface area contributed by atoms with Crippen LogP contribution in [0.4, 0.5) is 19.7 Å². The number of benzene rings is 1. The van der Waals surface area contributed by atoms with Gasteiger partial charge in [-0.1, -0.05) is 11.3 Å². The number of pyridine rings is 1. The van der Waals surface area contributed by atoms with Crippen LogP contribution >= 0.6 is 11.3 Å². The van der Waals surface area contributed by atoms with E-state index in [1.807, 2.05) is 6.92 Å². The number of nitrogens with one attached hydrogen (secondary N) is 1. The number of rotatable bonds is 6. The number of thiazole rings is 1. The first-order valence-corrected chi connectivity index (χ1v) is 11.1. The molecule has 4 N–H and O–H groups in total. The second-order valence-corrected chi connectivity index (χ2v) is 8.98. The largest absolute Gasteiger partial charge is 0.390 e. The van der Waals surface area contributed by atoms with Crippen LogP contribution in [0.25, 0.3) is 10.2 Å². The fourth-order valence-corrected chi connectivity index (χ4v) is 4.65. The van der Waals surface area contributed by atoms with Crippen molar-refractivity contribution in [2.75, 3.05) is 29.9 Å². The highest BCUT2D eigenvalue weighted by atomic mass is 32.1. The number of aromatic nitrogens is 2. The molecule has 1 unspecified atom stereocenters. The first-order valence-electron chi connectivity index (χ1n) is 10.3. The predicted molar refractivity (Wildman–Crippen MR) is 118 cm³/mol. The van der Waals surface area contributed by atoms with E-state index >= 15 is 0 Å². The molecule has 2 aromatic heterocycles. The van der Waals surface area contributed by atoms with Crippen LogP contribution in [0.5, 0.6) is 0 Å². The highest BCUT2D eigenvalue weighted by Gasteiger charge is 2.30. The van der Waals surface area contributed by atoms with Crippen LogP contribution in [0, 0.1) is 11.6 Å². The van der Waals surface area contributed by atoms with Crippen LogP contribution in [-0.4, -0.2) is 68.3 Å². The van der Waals surface area contributed by atoms with Crippen LogP contribution in [-0.2, 0) is 0 Å². The maximum Gasteiger partial charge on any atom is 0.186 e. The van der Waals surface area contributed by atoms with E-state index in [-0.39, 0.29) is 23.2 Å². The zero-order chi connectivity index (χ0) is 23.0. The Bertz CT molecular complexity index is 1100. The van der Waals surface area contributed by atoms with Crippen LogP contribution in [0.1, 0.15) is 25.5 Å². The van der Waals surface area contributed by atoms with E-state index in [0.29, 0.717) is 30.3 Å². The van der Waals surface area contributed by atoms with Gasteiger partial charge in [-0.05, 0) is 32.0 Å². The van der Waals surface area contributed by atoms with Gasteiger partial charge in [-0.25, -0.2) is 18.7 Å². The number of anilines is 2. The highest BCUT2D eigenvalue weighted by Crippen LogP contribution is 2.28. The summed E-state index contributed by atoms with van der Waals surface area (Å²) < 4.78 is 28.9. The Kier molecular flexibility index (Phi) is 6.54. The molecule has 0 amide bonds. The Morgan fingerprint density at radius 3 is 2.66 bits per heavy atom. The summed E-state index contributed by atoms with van der Waals surface area (Å²) in [7, 11) is 0. The standard InChI is InChI=1S/C21H25F2N5O3S/c1-11-10-27(21(31)26-20-25-16-8-14(22)3-4-17(16)32-20)5-6-28(11)19-15(23)7-13(9-24-19)18(30)12(2)29/h3-4,7-9,11-12,18,21,29-31H,5-6,10H2,1-2H3,(H,25,26)/t11-,12+,18-,21?/m1/s1. The predicted octanol–water partition coefficient (Wildman–Crippen LogP) is 2.28. The lowest BCUT2D eigenvalue weighted by Crippen LogP contribution is -2.57. The molecule has 1 aromatic carbocycles. The van der Waals surface area contributed by atoms with Gasteiger partial charge in [0.25, 0.3) is 0 Å². The fourth-order valence-electron chi connectivity index (χ4n) is 3.78. The molecule has 0 spiro atoms. The molecule has 1 aliphatic rings. The van der Waals surface area contributed by atoms with Crippen molar-refractivity contribution in [2.24, 2.45) is 0 Å². The van der Waals surface area contributed by atoms with Crippen molar-refractivity contribution < 1.29 is 24.1 Å². The normalized spacial score (nSPS) is 20.3. The average Bonchev–Trinajstić information content (AvgIpc) is 3.14. The van der Waals surface area contributed by atoms with Gasteiger partial charge in [0.15, 0.2) is 23.1 Å². The van der Waals surface area contributed by atoms with Crippen molar-refractivity contribution in [3.63, 3.8) is 0 Å². The zero-order valence-corrected chi connectivity index (χ0v) is 18.4. The van der Waals surface area contributed by atoms with Crippen LogP contribution in [0.2, 0.25) is 0 Å². The minimum atomic E-state index is -1.21. The number of nitrogens with zero attached hydrogens (tertiary/aromatic N) is 4. The molecule has 0 bridgehead atoms. The highest BCUT2D eigenvalue weighted by molar-refractivity contribution is 7.22. The Labute approximate surface area is 187 Å². The maximum absolute atomic E-state index is 14.7. The molecule has 4 rings (SSSR count). The lowest BCUT2D eigenvalue weighted by molar-refractivity contribution is 0.0145. The number of aliphatic hydroxyl groups excluding tert-OH is 3. The third-order valence-electron chi connectivity index (χ3n) is 5.52. The van der Waals surface area contributed by atoms with Crippen molar-refractivity contribution in [1.29, 1.82) is 0 Å². The van der Waals surface area contributed by atoms with Gasteiger partial charge in [0.2, 0.25) is 0 Å². The van der Waals surface area contributed by atoms with Crippen LogP contribution < -0.4 is 10.2 Å². The SMILES string of the molecule is C[C@H](O)[C@@H](O)c1cnc(N2CCN(C(O)Nc3nc4cc(F)ccc4s3)C[C@H]2C)c(F)c1. The number of piperazine rings is 1. The Morgan fingerprint density at radius 2 is 1.97 bits per heavy atom. The Morgan fingerprint density at radius 1 is 1.19 bits per heavy atom. The van der Waals surface area contributed by atoms with Gasteiger partial charge >= 0.3 is 0 Å². The quantitative estimate of drug-likeness (QED) is 0.411. The Hall–Kier alpha value is -2.44. The third kappa shape index (κ3) is 4.66. The van der Waals surface area contributed by atoms with Gasteiger partial charge < -0.3 is 25.5 Å². The number of fused-ring (bicyclic) bond motifs is 1. The summed E-state index contributed by atoms with van der Waals surface area (Å²) in [5.74, 6) is -0.786. The zero-order valence-electron chi connectivity index (χ0n) is 17.6. The number of aliphatic hydroxyl groups is 3. The molecule has 1 fully saturated rings. The second kappa shape index (κ2) is 9.20. The molecule has 0 aliphatic carbocycles. The second-order valence-electron chi connectivity index (χ2n) is 7.95. The molecule has 11 heteroatoms. The van der Waals surface area contributed by atoms with Crippen molar-refractivity contribution in [1.82, 2.24) is 14.9 Å². The summed E-state index contributed by atoms with van der Waals surface area (Å²) in [5, 5.41) is 33.5. The van der Waals surface area contributed by atoms with Crippen LogP contribution in [0.3, 0.4) is 0 Å². The molecule has 0 radical (unpaired) electrons. The first-order chi connectivity index (χ1) is 15.2. The molecule has 1 aliphatic heterocycles. The molecule has 8 nitrogen and oxygen atoms in total. The summed E-state index contributed by atoms with van der Waals surface area (Å²) >= 11 is 1.32. The third-order valence-corrected chi connectivity index (χ3v) is 6.49. The van der Waals surface area contributed by atoms with E-state index in [4.69, 9.17) is 0 Å². The number of hydrogen-bond donors (Lipinski definition) is 4. The molecule has 1 saturated heterocycles. The van der Waals surface area contributed by atoms with Crippen LogP contribution in [0.15, 0.2) is 30.5 Å². The minimum Gasteiger partial charge on any atom is -0.390 e. The molecule has 0 saturated carbocycles. The van der Waals surface area contributed by atoms with E-state index in [1.165, 1.54) is 42.7 Å². The average molecular weight is 466 g/mol. The van der Waals surface area contributed by atoms with E-state index < -0.39 is 24.4 Å². The van der Waals surface area contributed by atoms with Gasteiger partial charge in [-0.2, -0.15) is 0 Å². The summed E-state index contributed by atoms with van der Waals surface area (Å²) in [5.41, 5.74) is 0.733. The molecular weight excluding hydrogens is 440 g/mol. The minimum absolute atomic E-state index is 0.154. The topological polar surface area (TPSA) is 105 Å². The van der Waals surface area contributed by atoms with Gasteiger partial charge in [0, 0.05) is 43.5 Å². The van der Waals surface area contributed by atoms with Gasteiger partial charge in [-0.15, -0.1) is 0 Å². The van der Waals surface area contributed by atoms with E-state index in [1.54, 1.807) is 15.9 Å². The summed E-state index contributed by atoms with van der Waals surface area (Å²) in [6.45, 7) is 4.63. The molecule has 32 heavy (non-hydrogen) atoms. The van der Waals surface area contributed by atoms with Gasteiger partial charge in [-0.3, -0.25) is 4.90 Å². The number of hydrogen-bond acceptors (Lipinski definition) is 9. The van der Waals surface area contributed by atoms with Crippen molar-refractivity contribution in [3.05, 3.63) is 47.7 Å².